The maximum Gasteiger partial charge on any atom is 0.288 e. The van der Waals surface area contributed by atoms with Crippen LogP contribution in [-0.4, -0.2) is 10.8 Å². The van der Waals surface area contributed by atoms with Gasteiger partial charge in [0, 0.05) is 16.5 Å². The summed E-state index contributed by atoms with van der Waals surface area (Å²) in [6, 6.07) is 7.26. The third-order valence-corrected chi connectivity index (χ3v) is 4.51. The molecule has 2 rings (SSSR count). The lowest BCUT2D eigenvalue weighted by Crippen LogP contribution is -2.26. The number of hydrogen-bond acceptors (Lipinski definition) is 4. The van der Waals surface area contributed by atoms with Crippen molar-refractivity contribution >= 4 is 46.1 Å². The van der Waals surface area contributed by atoms with Gasteiger partial charge in [-0.25, -0.2) is 0 Å². The molecule has 2 aromatic rings. The lowest BCUT2D eigenvalue weighted by Gasteiger charge is -2.12. The Hall–Kier alpha value is -1.63. The zero-order chi connectivity index (χ0) is 15.6. The summed E-state index contributed by atoms with van der Waals surface area (Å²) >= 11 is 12.9. The van der Waals surface area contributed by atoms with Crippen molar-refractivity contribution in [3.05, 3.63) is 60.2 Å². The number of benzene rings is 1. The Labute approximate surface area is 134 Å². The number of rotatable bonds is 4. The Bertz CT molecular complexity index is 702. The fourth-order valence-corrected chi connectivity index (χ4v) is 2.96. The van der Waals surface area contributed by atoms with Gasteiger partial charge in [-0.2, -0.15) is 0 Å². The lowest BCUT2D eigenvalue weighted by molar-refractivity contribution is -0.384. The van der Waals surface area contributed by atoms with Crippen LogP contribution >= 0.6 is 34.5 Å². The Morgan fingerprint density at radius 1 is 1.33 bits per heavy atom. The van der Waals surface area contributed by atoms with E-state index in [0.717, 1.165) is 10.9 Å². The van der Waals surface area contributed by atoms with E-state index in [1.54, 1.807) is 6.07 Å². The maximum absolute atomic E-state index is 12.1. The van der Waals surface area contributed by atoms with E-state index >= 15 is 0 Å². The van der Waals surface area contributed by atoms with E-state index in [4.69, 9.17) is 23.2 Å². The number of nitro benzene ring substituents is 1. The minimum absolute atomic E-state index is 0.00497. The normalized spacial score (nSPS) is 12.0. The summed E-state index contributed by atoms with van der Waals surface area (Å²) in [6.45, 7) is 1.81. The van der Waals surface area contributed by atoms with Gasteiger partial charge in [0.25, 0.3) is 11.6 Å². The third-order valence-electron chi connectivity index (χ3n) is 2.77. The predicted octanol–water partition coefficient (Wildman–Crippen LogP) is 4.45. The van der Waals surface area contributed by atoms with Gasteiger partial charge in [-0.05, 0) is 31.2 Å². The van der Waals surface area contributed by atoms with Crippen LogP contribution in [-0.2, 0) is 0 Å². The molecule has 0 aliphatic carbocycles. The molecule has 8 heteroatoms. The second kappa shape index (κ2) is 6.43. The van der Waals surface area contributed by atoms with E-state index in [9.17, 15) is 14.9 Å². The number of nitrogens with zero attached hydrogens (tertiary/aromatic N) is 1. The van der Waals surface area contributed by atoms with Crippen molar-refractivity contribution in [2.75, 3.05) is 0 Å². The maximum atomic E-state index is 12.1. The van der Waals surface area contributed by atoms with E-state index in [1.165, 1.54) is 23.5 Å². The molecule has 5 nitrogen and oxygen atoms in total. The van der Waals surface area contributed by atoms with Crippen molar-refractivity contribution in [2.45, 2.75) is 13.0 Å². The Kier molecular flexibility index (Phi) is 4.82. The van der Waals surface area contributed by atoms with Gasteiger partial charge < -0.3 is 5.32 Å². The van der Waals surface area contributed by atoms with Crippen LogP contribution in [0.1, 0.15) is 28.2 Å². The van der Waals surface area contributed by atoms with Crippen molar-refractivity contribution in [1.29, 1.82) is 0 Å². The van der Waals surface area contributed by atoms with E-state index in [0.29, 0.717) is 4.34 Å². The standard InChI is InChI=1S/C13H10Cl2N2O3S/c1-7(11-4-5-12(15)21-11)16-13(18)8-2-3-9(14)10(6-8)17(19)20/h2-7H,1H3,(H,16,18). The van der Waals surface area contributed by atoms with Gasteiger partial charge in [0.2, 0.25) is 0 Å². The highest BCUT2D eigenvalue weighted by molar-refractivity contribution is 7.16. The van der Waals surface area contributed by atoms with E-state index in [2.05, 4.69) is 5.32 Å². The molecule has 0 saturated carbocycles. The van der Waals surface area contributed by atoms with E-state index < -0.39 is 10.8 Å². The van der Waals surface area contributed by atoms with Crippen LogP contribution in [0.3, 0.4) is 0 Å². The molecule has 1 amide bonds. The summed E-state index contributed by atoms with van der Waals surface area (Å²) in [5.74, 6) is -0.410. The van der Waals surface area contributed by atoms with Crippen LogP contribution in [0.5, 0.6) is 0 Å². The largest absolute Gasteiger partial charge is 0.345 e. The molecule has 0 radical (unpaired) electrons. The Morgan fingerprint density at radius 3 is 2.62 bits per heavy atom. The number of amides is 1. The number of halogens is 2. The van der Waals surface area contributed by atoms with Crippen LogP contribution in [0.15, 0.2) is 30.3 Å². The quantitative estimate of drug-likeness (QED) is 0.657. The van der Waals surface area contributed by atoms with Crippen LogP contribution in [0, 0.1) is 10.1 Å². The summed E-state index contributed by atoms with van der Waals surface area (Å²) < 4.78 is 0.633. The van der Waals surface area contributed by atoms with Gasteiger partial charge in [-0.3, -0.25) is 14.9 Å². The van der Waals surface area contributed by atoms with Crippen molar-refractivity contribution in [3.63, 3.8) is 0 Å². The van der Waals surface area contributed by atoms with E-state index in [-0.39, 0.29) is 22.3 Å². The number of nitrogens with one attached hydrogen (secondary N) is 1. The molecule has 1 aromatic carbocycles. The van der Waals surface area contributed by atoms with Crippen molar-refractivity contribution in [3.8, 4) is 0 Å². The van der Waals surface area contributed by atoms with Crippen LogP contribution in [0.4, 0.5) is 5.69 Å². The van der Waals surface area contributed by atoms with E-state index in [1.807, 2.05) is 13.0 Å². The summed E-state index contributed by atoms with van der Waals surface area (Å²) in [7, 11) is 0. The second-order valence-electron chi connectivity index (χ2n) is 4.26. The van der Waals surface area contributed by atoms with Gasteiger partial charge in [0.1, 0.15) is 5.02 Å². The van der Waals surface area contributed by atoms with Gasteiger partial charge >= 0.3 is 0 Å². The molecule has 1 unspecified atom stereocenters. The van der Waals surface area contributed by atoms with Crippen molar-refractivity contribution < 1.29 is 9.72 Å². The number of carbonyl (C=O) groups is 1. The minimum atomic E-state index is -0.623. The average Bonchev–Trinajstić information content (AvgIpc) is 2.85. The Morgan fingerprint density at radius 2 is 2.05 bits per heavy atom. The number of hydrogen-bond donors (Lipinski definition) is 1. The van der Waals surface area contributed by atoms with Crippen molar-refractivity contribution in [1.82, 2.24) is 5.32 Å². The molecule has 1 heterocycles. The molecule has 0 spiro atoms. The van der Waals surface area contributed by atoms with Gasteiger partial charge in [0.15, 0.2) is 0 Å². The molecule has 1 N–H and O–H groups in total. The fourth-order valence-electron chi connectivity index (χ4n) is 1.71. The smallest absolute Gasteiger partial charge is 0.288 e. The lowest BCUT2D eigenvalue weighted by atomic mass is 10.1. The van der Waals surface area contributed by atoms with Crippen LogP contribution in [0.2, 0.25) is 9.36 Å². The first-order valence-corrected chi connectivity index (χ1v) is 7.45. The molecule has 0 saturated heterocycles. The highest BCUT2D eigenvalue weighted by atomic mass is 35.5. The van der Waals surface area contributed by atoms with Crippen LogP contribution in [0.25, 0.3) is 0 Å². The number of carbonyl (C=O) groups excluding carboxylic acids is 1. The predicted molar refractivity (Wildman–Crippen MR) is 83.3 cm³/mol. The molecule has 0 aliphatic rings. The molecule has 0 fully saturated rings. The first kappa shape index (κ1) is 15.8. The first-order chi connectivity index (χ1) is 9.88. The molecule has 0 aliphatic heterocycles. The summed E-state index contributed by atoms with van der Waals surface area (Å²) in [5, 5.41) is 13.6. The summed E-state index contributed by atoms with van der Waals surface area (Å²) in [4.78, 5) is 23.2. The third kappa shape index (κ3) is 3.72. The molecule has 0 bridgehead atoms. The fraction of sp³-hybridized carbons (Fsp3) is 0.154. The van der Waals surface area contributed by atoms with Gasteiger partial charge in [-0.1, -0.05) is 23.2 Å². The highest BCUT2D eigenvalue weighted by Gasteiger charge is 2.18. The summed E-state index contributed by atoms with van der Waals surface area (Å²) in [6.07, 6.45) is 0. The molecule has 1 atom stereocenters. The summed E-state index contributed by atoms with van der Waals surface area (Å²) in [5.41, 5.74) is -0.114. The number of thiophene rings is 1. The monoisotopic (exact) mass is 344 g/mol. The average molecular weight is 345 g/mol. The minimum Gasteiger partial charge on any atom is -0.345 e. The number of nitro groups is 1. The molecule has 21 heavy (non-hydrogen) atoms. The molecule has 110 valence electrons. The molecular formula is C13H10Cl2N2O3S. The van der Waals surface area contributed by atoms with Crippen molar-refractivity contribution in [2.24, 2.45) is 0 Å². The highest BCUT2D eigenvalue weighted by Crippen LogP contribution is 2.28. The molecule has 1 aromatic heterocycles. The zero-order valence-electron chi connectivity index (χ0n) is 10.8. The first-order valence-electron chi connectivity index (χ1n) is 5.88. The zero-order valence-corrected chi connectivity index (χ0v) is 13.1. The SMILES string of the molecule is CC(NC(=O)c1ccc(Cl)c([N+](=O)[O-])c1)c1ccc(Cl)s1. The van der Waals surface area contributed by atoms with Gasteiger partial charge in [-0.15, -0.1) is 11.3 Å². The Balaban J connectivity index is 2.17. The van der Waals surface area contributed by atoms with Crippen LogP contribution < -0.4 is 5.32 Å². The molecular weight excluding hydrogens is 335 g/mol. The second-order valence-corrected chi connectivity index (χ2v) is 6.41. The van der Waals surface area contributed by atoms with Gasteiger partial charge in [0.05, 0.1) is 15.3 Å². The topological polar surface area (TPSA) is 72.2 Å².